The molecule has 0 amide bonds. The lowest BCUT2D eigenvalue weighted by Gasteiger charge is -2.30. The van der Waals surface area contributed by atoms with Crippen LogP contribution in [0, 0.1) is 0 Å². The summed E-state index contributed by atoms with van der Waals surface area (Å²) in [5.74, 6) is 3.44. The molecule has 0 saturated heterocycles. The van der Waals surface area contributed by atoms with Gasteiger partial charge in [-0.1, -0.05) is 37.3 Å². The van der Waals surface area contributed by atoms with E-state index >= 15 is 0 Å². The first-order valence-corrected chi connectivity index (χ1v) is 7.76. The van der Waals surface area contributed by atoms with Crippen molar-refractivity contribution in [2.24, 2.45) is 0 Å². The van der Waals surface area contributed by atoms with Gasteiger partial charge in [-0.15, -0.1) is 23.2 Å². The number of alkyl halides is 2. The Kier molecular flexibility index (Phi) is 6.64. The molecule has 0 spiro atoms. The minimum Gasteiger partial charge on any atom is -0.162 e. The third-order valence-electron chi connectivity index (χ3n) is 2.83. The minimum atomic E-state index is -0.0630. The second kappa shape index (κ2) is 7.47. The summed E-state index contributed by atoms with van der Waals surface area (Å²) in [6.45, 7) is 2.18. The van der Waals surface area contributed by atoms with E-state index in [2.05, 4.69) is 31.2 Å². The maximum atomic E-state index is 6.14. The maximum absolute atomic E-state index is 6.14. The van der Waals surface area contributed by atoms with Gasteiger partial charge in [-0.25, -0.2) is 0 Å². The van der Waals surface area contributed by atoms with Gasteiger partial charge in [0, 0.05) is 17.2 Å². The predicted molar refractivity (Wildman–Crippen MR) is 77.2 cm³/mol. The number of halogens is 2. The van der Waals surface area contributed by atoms with Crippen molar-refractivity contribution in [1.29, 1.82) is 0 Å². The average molecular weight is 277 g/mol. The Balaban J connectivity index is 2.79. The van der Waals surface area contributed by atoms with E-state index in [1.165, 1.54) is 5.56 Å². The molecule has 0 aliphatic rings. The number of benzene rings is 1. The van der Waals surface area contributed by atoms with Crippen LogP contribution >= 0.6 is 35.0 Å². The maximum Gasteiger partial charge on any atom is 0.0332 e. The molecule has 3 heteroatoms. The predicted octanol–water partition coefficient (Wildman–Crippen LogP) is 4.55. The molecule has 90 valence electrons. The lowest BCUT2D eigenvalue weighted by Crippen LogP contribution is -2.31. The smallest absolute Gasteiger partial charge is 0.0332 e. The first-order valence-electron chi connectivity index (χ1n) is 5.54. The number of rotatable bonds is 7. The van der Waals surface area contributed by atoms with Gasteiger partial charge in [-0.05, 0) is 23.5 Å². The molecule has 0 saturated carbocycles. The van der Waals surface area contributed by atoms with Gasteiger partial charge in [0.2, 0.25) is 0 Å². The molecule has 0 N–H and O–H groups in total. The van der Waals surface area contributed by atoms with Crippen molar-refractivity contribution in [2.45, 2.75) is 18.8 Å². The molecule has 1 aromatic rings. The summed E-state index contributed by atoms with van der Waals surface area (Å²) in [6.07, 6.45) is 1.04. The van der Waals surface area contributed by atoms with Crippen LogP contribution in [0.25, 0.3) is 0 Å². The molecule has 0 unspecified atom stereocenters. The molecule has 0 radical (unpaired) electrons. The van der Waals surface area contributed by atoms with Gasteiger partial charge >= 0.3 is 0 Å². The Labute approximate surface area is 113 Å². The second-order valence-electron chi connectivity index (χ2n) is 3.86. The molecule has 1 aromatic carbocycles. The van der Waals surface area contributed by atoms with E-state index in [-0.39, 0.29) is 5.41 Å². The lowest BCUT2D eigenvalue weighted by atomic mass is 9.82. The average Bonchev–Trinajstić information content (AvgIpc) is 2.36. The Hall–Kier alpha value is 0.150. The number of hydrogen-bond acceptors (Lipinski definition) is 1. The fraction of sp³-hybridized carbons (Fsp3) is 0.538. The summed E-state index contributed by atoms with van der Waals surface area (Å²) in [5.41, 5.74) is 1.20. The van der Waals surface area contributed by atoms with E-state index in [4.69, 9.17) is 23.2 Å². The fourth-order valence-corrected chi connectivity index (χ4v) is 3.36. The van der Waals surface area contributed by atoms with Crippen molar-refractivity contribution >= 4 is 35.0 Å². The van der Waals surface area contributed by atoms with Crippen molar-refractivity contribution < 1.29 is 0 Å². The van der Waals surface area contributed by atoms with Crippen molar-refractivity contribution in [1.82, 2.24) is 0 Å². The van der Waals surface area contributed by atoms with Gasteiger partial charge < -0.3 is 0 Å². The SMILES string of the molecule is CCSCCC(CCl)(CCl)c1ccccc1. The summed E-state index contributed by atoms with van der Waals surface area (Å²) in [5, 5.41) is 0. The third kappa shape index (κ3) is 3.58. The van der Waals surface area contributed by atoms with Crippen molar-refractivity contribution in [2.75, 3.05) is 23.3 Å². The van der Waals surface area contributed by atoms with Crippen LogP contribution in [-0.2, 0) is 5.41 Å². The highest BCUT2D eigenvalue weighted by atomic mass is 35.5. The first-order chi connectivity index (χ1) is 7.79. The topological polar surface area (TPSA) is 0 Å². The Morgan fingerprint density at radius 3 is 2.25 bits per heavy atom. The van der Waals surface area contributed by atoms with Crippen molar-refractivity contribution in [3.63, 3.8) is 0 Å². The summed E-state index contributed by atoms with van der Waals surface area (Å²) in [6, 6.07) is 10.4. The molecule has 0 aliphatic heterocycles. The minimum absolute atomic E-state index is 0.0630. The van der Waals surface area contributed by atoms with Crippen LogP contribution in [0.1, 0.15) is 18.9 Å². The van der Waals surface area contributed by atoms with Crippen LogP contribution in [-0.4, -0.2) is 23.3 Å². The van der Waals surface area contributed by atoms with E-state index in [1.807, 2.05) is 17.8 Å². The van der Waals surface area contributed by atoms with E-state index in [0.717, 1.165) is 17.9 Å². The molecule has 0 atom stereocenters. The molecule has 0 heterocycles. The Morgan fingerprint density at radius 2 is 1.75 bits per heavy atom. The standard InChI is InChI=1S/C13H18Cl2S/c1-2-16-9-8-13(10-14,11-15)12-6-4-3-5-7-12/h3-7H,2,8-11H2,1H3. The zero-order chi connectivity index (χ0) is 11.9. The summed E-state index contributed by atoms with van der Waals surface area (Å²) >= 11 is 14.2. The Morgan fingerprint density at radius 1 is 1.12 bits per heavy atom. The van der Waals surface area contributed by atoms with Crippen LogP contribution < -0.4 is 0 Å². The quantitative estimate of drug-likeness (QED) is 0.520. The monoisotopic (exact) mass is 276 g/mol. The molecule has 0 aromatic heterocycles. The highest BCUT2D eigenvalue weighted by Crippen LogP contribution is 2.32. The summed E-state index contributed by atoms with van der Waals surface area (Å²) in [4.78, 5) is 0. The lowest BCUT2D eigenvalue weighted by molar-refractivity contribution is 0.524. The first kappa shape index (κ1) is 14.2. The summed E-state index contributed by atoms with van der Waals surface area (Å²) < 4.78 is 0. The van der Waals surface area contributed by atoms with Gasteiger partial charge in [0.1, 0.15) is 0 Å². The second-order valence-corrected chi connectivity index (χ2v) is 5.79. The van der Waals surface area contributed by atoms with Gasteiger partial charge in [-0.2, -0.15) is 11.8 Å². The van der Waals surface area contributed by atoms with Crippen LogP contribution in [0.2, 0.25) is 0 Å². The molecule has 0 aliphatic carbocycles. The molecule has 1 rings (SSSR count). The Bertz CT molecular complexity index is 283. The van der Waals surface area contributed by atoms with Gasteiger partial charge in [0.15, 0.2) is 0 Å². The number of hydrogen-bond donors (Lipinski definition) is 0. The zero-order valence-corrected chi connectivity index (χ0v) is 11.9. The van der Waals surface area contributed by atoms with Crippen LogP contribution in [0.15, 0.2) is 30.3 Å². The van der Waals surface area contributed by atoms with E-state index in [9.17, 15) is 0 Å². The highest BCUT2D eigenvalue weighted by Gasteiger charge is 2.29. The van der Waals surface area contributed by atoms with Gasteiger partial charge in [-0.3, -0.25) is 0 Å². The molecule has 0 nitrogen and oxygen atoms in total. The van der Waals surface area contributed by atoms with E-state index in [0.29, 0.717) is 11.8 Å². The third-order valence-corrected chi connectivity index (χ3v) is 4.75. The molecular formula is C13H18Cl2S. The van der Waals surface area contributed by atoms with Crippen molar-refractivity contribution in [3.8, 4) is 0 Å². The molecule has 0 bridgehead atoms. The highest BCUT2D eigenvalue weighted by molar-refractivity contribution is 7.99. The number of thioether (sulfide) groups is 1. The summed E-state index contributed by atoms with van der Waals surface area (Å²) in [7, 11) is 0. The molecule has 0 fully saturated rings. The normalized spacial score (nSPS) is 11.7. The molecule has 16 heavy (non-hydrogen) atoms. The van der Waals surface area contributed by atoms with Crippen LogP contribution in [0.3, 0.4) is 0 Å². The van der Waals surface area contributed by atoms with Crippen LogP contribution in [0.5, 0.6) is 0 Å². The van der Waals surface area contributed by atoms with Crippen LogP contribution in [0.4, 0.5) is 0 Å². The molecular weight excluding hydrogens is 259 g/mol. The zero-order valence-electron chi connectivity index (χ0n) is 9.59. The fourth-order valence-electron chi connectivity index (χ4n) is 1.67. The van der Waals surface area contributed by atoms with Gasteiger partial charge in [0.05, 0.1) is 0 Å². The van der Waals surface area contributed by atoms with Gasteiger partial charge in [0.25, 0.3) is 0 Å². The van der Waals surface area contributed by atoms with E-state index < -0.39 is 0 Å². The van der Waals surface area contributed by atoms with E-state index in [1.54, 1.807) is 0 Å². The van der Waals surface area contributed by atoms with Crippen molar-refractivity contribution in [3.05, 3.63) is 35.9 Å². The largest absolute Gasteiger partial charge is 0.162 e.